The summed E-state index contributed by atoms with van der Waals surface area (Å²) in [5, 5.41) is 14.9. The smallest absolute Gasteiger partial charge is 0.317 e. The highest BCUT2D eigenvalue weighted by Gasteiger charge is 2.12. The first-order valence-electron chi connectivity index (χ1n) is 14.2. The van der Waals surface area contributed by atoms with Gasteiger partial charge >= 0.3 is 5.97 Å². The SMILES string of the molecule is CCCC(CCC)c1ccc(CN(C)c2ccc(-c3csc(Cc4cccnc4CNCC(=O)O)n3)cc2)cc1. The van der Waals surface area contributed by atoms with Crippen LogP contribution >= 0.6 is 11.3 Å². The quantitative estimate of drug-likeness (QED) is 0.160. The summed E-state index contributed by atoms with van der Waals surface area (Å²) in [5.41, 5.74) is 7.93. The van der Waals surface area contributed by atoms with Gasteiger partial charge in [-0.05, 0) is 53.6 Å². The molecule has 2 aromatic heterocycles. The molecule has 0 radical (unpaired) electrons. The summed E-state index contributed by atoms with van der Waals surface area (Å²) in [6.45, 7) is 5.73. The molecule has 0 aliphatic carbocycles. The summed E-state index contributed by atoms with van der Waals surface area (Å²) < 4.78 is 0. The zero-order valence-corrected chi connectivity index (χ0v) is 24.6. The molecule has 4 aromatic rings. The van der Waals surface area contributed by atoms with Crippen LogP contribution < -0.4 is 10.2 Å². The van der Waals surface area contributed by atoms with E-state index in [1.807, 2.05) is 12.1 Å². The third-order valence-electron chi connectivity index (χ3n) is 7.20. The summed E-state index contributed by atoms with van der Waals surface area (Å²) >= 11 is 1.63. The van der Waals surface area contributed by atoms with E-state index in [0.29, 0.717) is 18.9 Å². The van der Waals surface area contributed by atoms with Crippen LogP contribution in [0.15, 0.2) is 72.2 Å². The Balaban J connectivity index is 1.36. The van der Waals surface area contributed by atoms with E-state index in [1.165, 1.54) is 42.5 Å². The Morgan fingerprint density at radius 1 is 1.02 bits per heavy atom. The molecule has 40 heavy (non-hydrogen) atoms. The van der Waals surface area contributed by atoms with E-state index in [9.17, 15) is 4.79 Å². The number of aliphatic carboxylic acids is 1. The zero-order valence-electron chi connectivity index (χ0n) is 23.8. The Hall–Kier alpha value is -3.55. The molecule has 6 nitrogen and oxygen atoms in total. The lowest BCUT2D eigenvalue weighted by Crippen LogP contribution is -2.23. The van der Waals surface area contributed by atoms with Gasteiger partial charge in [-0.2, -0.15) is 0 Å². The first kappa shape index (κ1) is 29.4. The van der Waals surface area contributed by atoms with Gasteiger partial charge in [0.25, 0.3) is 0 Å². The average Bonchev–Trinajstić information content (AvgIpc) is 3.43. The lowest BCUT2D eigenvalue weighted by Gasteiger charge is -2.21. The van der Waals surface area contributed by atoms with Crippen molar-refractivity contribution in [3.8, 4) is 11.3 Å². The van der Waals surface area contributed by atoms with E-state index in [2.05, 4.69) is 90.0 Å². The first-order valence-corrected chi connectivity index (χ1v) is 15.0. The molecular weight excluding hydrogens is 516 g/mol. The number of rotatable bonds is 15. The molecule has 0 atom stereocenters. The number of nitrogens with one attached hydrogen (secondary N) is 1. The van der Waals surface area contributed by atoms with Crippen molar-refractivity contribution in [1.29, 1.82) is 0 Å². The highest BCUT2D eigenvalue weighted by atomic mass is 32.1. The Labute approximate surface area is 242 Å². The van der Waals surface area contributed by atoms with Gasteiger partial charge in [-0.25, -0.2) is 4.98 Å². The van der Waals surface area contributed by atoms with E-state index in [4.69, 9.17) is 10.1 Å². The van der Waals surface area contributed by atoms with Gasteiger partial charge in [-0.1, -0.05) is 69.2 Å². The molecule has 2 aromatic carbocycles. The number of carboxylic acid groups (broad SMARTS) is 1. The Morgan fingerprint density at radius 2 is 1.75 bits per heavy atom. The minimum absolute atomic E-state index is 0.0899. The van der Waals surface area contributed by atoms with Crippen LogP contribution in [0.1, 0.15) is 72.8 Å². The van der Waals surface area contributed by atoms with Crippen molar-refractivity contribution < 1.29 is 9.90 Å². The number of hydrogen-bond acceptors (Lipinski definition) is 6. The number of nitrogens with zero attached hydrogens (tertiary/aromatic N) is 3. The summed E-state index contributed by atoms with van der Waals surface area (Å²) in [4.78, 5) is 22.4. The van der Waals surface area contributed by atoms with Crippen molar-refractivity contribution in [2.24, 2.45) is 0 Å². The fourth-order valence-corrected chi connectivity index (χ4v) is 5.91. The molecule has 210 valence electrons. The van der Waals surface area contributed by atoms with Crippen molar-refractivity contribution in [1.82, 2.24) is 15.3 Å². The normalized spacial score (nSPS) is 11.2. The topological polar surface area (TPSA) is 78.4 Å². The maximum Gasteiger partial charge on any atom is 0.317 e. The molecule has 0 saturated carbocycles. The molecule has 0 aliphatic rings. The Bertz CT molecular complexity index is 1350. The maximum atomic E-state index is 10.8. The number of thiazole rings is 1. The molecule has 0 spiro atoms. The van der Waals surface area contributed by atoms with Crippen molar-refractivity contribution >= 4 is 23.0 Å². The van der Waals surface area contributed by atoms with E-state index in [-0.39, 0.29) is 6.54 Å². The Kier molecular flexibility index (Phi) is 10.8. The molecule has 0 saturated heterocycles. The average molecular weight is 557 g/mol. The monoisotopic (exact) mass is 556 g/mol. The van der Waals surface area contributed by atoms with Crippen molar-refractivity contribution in [3.63, 3.8) is 0 Å². The van der Waals surface area contributed by atoms with Crippen LogP contribution in [0, 0.1) is 0 Å². The molecular formula is C33H40N4O2S. The Morgan fingerprint density at radius 3 is 2.42 bits per heavy atom. The summed E-state index contributed by atoms with van der Waals surface area (Å²) in [6.07, 6.45) is 7.38. The molecule has 0 aliphatic heterocycles. The summed E-state index contributed by atoms with van der Waals surface area (Å²) in [5.74, 6) is -0.205. The van der Waals surface area contributed by atoms with Crippen LogP contribution in [-0.2, 0) is 24.3 Å². The number of pyridine rings is 1. The highest BCUT2D eigenvalue weighted by molar-refractivity contribution is 7.10. The molecule has 0 bridgehead atoms. The van der Waals surface area contributed by atoms with Gasteiger partial charge in [0.15, 0.2) is 0 Å². The lowest BCUT2D eigenvalue weighted by atomic mass is 9.90. The van der Waals surface area contributed by atoms with Crippen LogP contribution in [0.2, 0.25) is 0 Å². The number of carbonyl (C=O) groups is 1. The third kappa shape index (κ3) is 8.23. The van der Waals surface area contributed by atoms with Gasteiger partial charge in [-0.15, -0.1) is 11.3 Å². The number of anilines is 1. The van der Waals surface area contributed by atoms with Crippen molar-refractivity contribution in [3.05, 3.63) is 99.6 Å². The first-order chi connectivity index (χ1) is 19.5. The predicted molar refractivity (Wildman–Crippen MR) is 165 cm³/mol. The second-order valence-corrected chi connectivity index (χ2v) is 11.3. The fourth-order valence-electron chi connectivity index (χ4n) is 5.09. The van der Waals surface area contributed by atoms with Gasteiger partial charge in [0.2, 0.25) is 0 Å². The van der Waals surface area contributed by atoms with Gasteiger partial charge in [0, 0.05) is 49.4 Å². The molecule has 0 unspecified atom stereocenters. The zero-order chi connectivity index (χ0) is 28.3. The molecule has 7 heteroatoms. The standard InChI is InChI=1S/C33H40N4O2S/c1-4-7-25(8-5-2)26-12-10-24(11-13-26)22-37(3)29-16-14-27(15-17-29)31-23-40-32(36-31)19-28-9-6-18-35-30(28)20-34-21-33(38)39/h6,9-18,23,25,34H,4-5,7-8,19-22H2,1-3H3,(H,38,39). The van der Waals surface area contributed by atoms with Gasteiger partial charge < -0.3 is 15.3 Å². The fraction of sp³-hybridized carbons (Fsp3) is 0.364. The third-order valence-corrected chi connectivity index (χ3v) is 8.04. The largest absolute Gasteiger partial charge is 0.480 e. The predicted octanol–water partition coefficient (Wildman–Crippen LogP) is 7.29. The van der Waals surface area contributed by atoms with Gasteiger partial charge in [-0.3, -0.25) is 9.78 Å². The highest BCUT2D eigenvalue weighted by Crippen LogP contribution is 2.28. The molecule has 2 N–H and O–H groups in total. The number of carboxylic acids is 1. The molecule has 4 rings (SSSR count). The molecule has 2 heterocycles. The van der Waals surface area contributed by atoms with Crippen LogP contribution in [0.25, 0.3) is 11.3 Å². The molecule has 0 fully saturated rings. The molecule has 0 amide bonds. The van der Waals surface area contributed by atoms with Crippen LogP contribution in [0.4, 0.5) is 5.69 Å². The van der Waals surface area contributed by atoms with Crippen molar-refractivity contribution in [2.75, 3.05) is 18.5 Å². The van der Waals surface area contributed by atoms with E-state index >= 15 is 0 Å². The van der Waals surface area contributed by atoms with E-state index < -0.39 is 5.97 Å². The summed E-state index contributed by atoms with van der Waals surface area (Å²) in [7, 11) is 2.14. The number of hydrogen-bond donors (Lipinski definition) is 2. The van der Waals surface area contributed by atoms with Gasteiger partial charge in [0.1, 0.15) is 0 Å². The van der Waals surface area contributed by atoms with E-state index in [1.54, 1.807) is 17.5 Å². The van der Waals surface area contributed by atoms with E-state index in [0.717, 1.165) is 34.1 Å². The maximum absolute atomic E-state index is 10.8. The van der Waals surface area contributed by atoms with Crippen LogP contribution in [0.3, 0.4) is 0 Å². The lowest BCUT2D eigenvalue weighted by molar-refractivity contribution is -0.136. The number of benzene rings is 2. The second-order valence-electron chi connectivity index (χ2n) is 10.3. The number of aromatic nitrogens is 2. The van der Waals surface area contributed by atoms with Crippen molar-refractivity contribution in [2.45, 2.75) is 65.0 Å². The minimum Gasteiger partial charge on any atom is -0.480 e. The summed E-state index contributed by atoms with van der Waals surface area (Å²) in [6, 6.07) is 21.7. The van der Waals surface area contributed by atoms with Crippen LogP contribution in [0.5, 0.6) is 0 Å². The minimum atomic E-state index is -0.879. The van der Waals surface area contributed by atoms with Gasteiger partial charge in [0.05, 0.1) is 22.9 Å². The second kappa shape index (κ2) is 14.7. The van der Waals surface area contributed by atoms with Crippen LogP contribution in [-0.4, -0.2) is 34.6 Å².